The van der Waals surface area contributed by atoms with Crippen LogP contribution in [0.1, 0.15) is 31.2 Å². The number of piperidine rings is 1. The van der Waals surface area contributed by atoms with Crippen molar-refractivity contribution in [1.82, 2.24) is 10.3 Å². The van der Waals surface area contributed by atoms with Crippen LogP contribution >= 0.6 is 24.0 Å². The molecule has 1 atom stereocenters. The van der Waals surface area contributed by atoms with Crippen LogP contribution in [0.2, 0.25) is 5.02 Å². The molecule has 1 fully saturated rings. The number of pyridine rings is 1. The van der Waals surface area contributed by atoms with Crippen molar-refractivity contribution in [1.29, 1.82) is 0 Å². The van der Waals surface area contributed by atoms with Crippen LogP contribution in [0.15, 0.2) is 12.3 Å². The average Bonchev–Trinajstić information content (AvgIpc) is 2.45. The van der Waals surface area contributed by atoms with Crippen LogP contribution in [-0.4, -0.2) is 24.7 Å². The lowest BCUT2D eigenvalue weighted by Gasteiger charge is -2.22. The number of rotatable bonds is 5. The highest BCUT2D eigenvalue weighted by Crippen LogP contribution is 2.33. The molecule has 2 rings (SSSR count). The van der Waals surface area contributed by atoms with Crippen molar-refractivity contribution in [3.8, 4) is 5.88 Å². The van der Waals surface area contributed by atoms with E-state index in [1.54, 1.807) is 0 Å². The van der Waals surface area contributed by atoms with E-state index in [0.29, 0.717) is 12.5 Å². The molecule has 0 spiro atoms. The molecule has 1 N–H and O–H groups in total. The summed E-state index contributed by atoms with van der Waals surface area (Å²) in [4.78, 5) is 3.64. The lowest BCUT2D eigenvalue weighted by atomic mass is 9.95. The number of ether oxygens (including phenoxy) is 1. The summed E-state index contributed by atoms with van der Waals surface area (Å²) < 4.78 is 42.8. The van der Waals surface area contributed by atoms with Gasteiger partial charge < -0.3 is 10.1 Å². The van der Waals surface area contributed by atoms with Gasteiger partial charge in [0.15, 0.2) is 0 Å². The Morgan fingerprint density at radius 1 is 1.41 bits per heavy atom. The first-order valence-electron chi connectivity index (χ1n) is 7.03. The minimum atomic E-state index is -4.44. The normalized spacial score (nSPS) is 18.6. The van der Waals surface area contributed by atoms with E-state index in [9.17, 15) is 13.2 Å². The largest absolute Gasteiger partial charge is 0.477 e. The number of nitrogens with one attached hydrogen (secondary N) is 1. The highest BCUT2D eigenvalue weighted by Gasteiger charge is 2.31. The maximum atomic E-state index is 12.5. The number of halogens is 5. The summed E-state index contributed by atoms with van der Waals surface area (Å²) in [6.45, 7) is 2.52. The Labute approximate surface area is 139 Å². The Hall–Kier alpha value is -0.720. The van der Waals surface area contributed by atoms with Gasteiger partial charge in [0.1, 0.15) is 5.02 Å². The van der Waals surface area contributed by atoms with Gasteiger partial charge in [-0.2, -0.15) is 13.2 Å². The first-order valence-corrected chi connectivity index (χ1v) is 7.41. The summed E-state index contributed by atoms with van der Waals surface area (Å²) in [6, 6.07) is 0.842. The predicted molar refractivity (Wildman–Crippen MR) is 81.8 cm³/mol. The van der Waals surface area contributed by atoms with Gasteiger partial charge in [0.25, 0.3) is 0 Å². The fraction of sp³-hybridized carbons (Fsp3) is 0.643. The highest BCUT2D eigenvalue weighted by atomic mass is 35.5. The summed E-state index contributed by atoms with van der Waals surface area (Å²) in [7, 11) is 0. The van der Waals surface area contributed by atoms with Crippen molar-refractivity contribution in [3.63, 3.8) is 0 Å². The first-order chi connectivity index (χ1) is 9.97. The molecule has 126 valence electrons. The fourth-order valence-corrected chi connectivity index (χ4v) is 2.62. The van der Waals surface area contributed by atoms with Crippen molar-refractivity contribution < 1.29 is 17.9 Å². The van der Waals surface area contributed by atoms with Crippen molar-refractivity contribution in [3.05, 3.63) is 22.8 Å². The molecule has 3 nitrogen and oxygen atoms in total. The Bertz CT molecular complexity index is 466. The third kappa shape index (κ3) is 5.82. The second-order valence-electron chi connectivity index (χ2n) is 5.21. The lowest BCUT2D eigenvalue weighted by molar-refractivity contribution is -0.137. The van der Waals surface area contributed by atoms with E-state index in [1.165, 1.54) is 12.8 Å². The Morgan fingerprint density at radius 3 is 2.77 bits per heavy atom. The summed E-state index contributed by atoms with van der Waals surface area (Å²) >= 11 is 5.77. The SMILES string of the molecule is Cl.FC(F)(F)c1cnc(OCCCC2CCCNC2)c(Cl)c1. The molecule has 22 heavy (non-hydrogen) atoms. The van der Waals surface area contributed by atoms with Gasteiger partial charge in [0, 0.05) is 6.20 Å². The van der Waals surface area contributed by atoms with Crippen LogP contribution in [0.3, 0.4) is 0 Å². The number of hydrogen-bond donors (Lipinski definition) is 1. The van der Waals surface area contributed by atoms with E-state index in [2.05, 4.69) is 10.3 Å². The van der Waals surface area contributed by atoms with Gasteiger partial charge in [-0.25, -0.2) is 4.98 Å². The first kappa shape index (κ1) is 19.3. The third-order valence-corrected chi connectivity index (χ3v) is 3.80. The van der Waals surface area contributed by atoms with Gasteiger partial charge >= 0.3 is 6.18 Å². The molecule has 0 amide bonds. The van der Waals surface area contributed by atoms with Gasteiger partial charge in [-0.1, -0.05) is 11.6 Å². The Morgan fingerprint density at radius 2 is 2.18 bits per heavy atom. The Balaban J connectivity index is 0.00000242. The van der Waals surface area contributed by atoms with E-state index in [0.717, 1.165) is 38.2 Å². The van der Waals surface area contributed by atoms with Crippen molar-refractivity contribution in [2.45, 2.75) is 31.9 Å². The zero-order valence-corrected chi connectivity index (χ0v) is 13.5. The number of aromatic nitrogens is 1. The quantitative estimate of drug-likeness (QED) is 0.795. The van der Waals surface area contributed by atoms with Crippen LogP contribution < -0.4 is 10.1 Å². The number of nitrogens with zero attached hydrogens (tertiary/aromatic N) is 1. The van der Waals surface area contributed by atoms with Crippen LogP contribution in [0, 0.1) is 5.92 Å². The zero-order valence-electron chi connectivity index (χ0n) is 12.0. The van der Waals surface area contributed by atoms with Crippen molar-refractivity contribution >= 4 is 24.0 Å². The standard InChI is InChI=1S/C14H18ClF3N2O.ClH/c15-12-7-11(14(16,17)18)9-20-13(12)21-6-2-4-10-3-1-5-19-8-10;/h7,9-10,19H,1-6,8H2;1H. The van der Waals surface area contributed by atoms with Crippen molar-refractivity contribution in [2.24, 2.45) is 5.92 Å². The maximum Gasteiger partial charge on any atom is 0.417 e. The molecular weight excluding hydrogens is 340 g/mol. The molecule has 1 aliphatic rings. The lowest BCUT2D eigenvalue weighted by Crippen LogP contribution is -2.29. The molecule has 0 aromatic carbocycles. The van der Waals surface area contributed by atoms with E-state index >= 15 is 0 Å². The van der Waals surface area contributed by atoms with Gasteiger partial charge in [0.05, 0.1) is 12.2 Å². The Kier molecular flexibility index (Phi) is 7.72. The van der Waals surface area contributed by atoms with E-state index in [-0.39, 0.29) is 23.3 Å². The number of hydrogen-bond acceptors (Lipinski definition) is 3. The molecule has 0 saturated carbocycles. The van der Waals surface area contributed by atoms with Crippen LogP contribution in [-0.2, 0) is 6.18 Å². The topological polar surface area (TPSA) is 34.1 Å². The van der Waals surface area contributed by atoms with Crippen LogP contribution in [0.4, 0.5) is 13.2 Å². The summed E-state index contributed by atoms with van der Waals surface area (Å²) in [6.07, 6.45) is 0.580. The molecule has 1 aliphatic heterocycles. The molecule has 1 aromatic heterocycles. The van der Waals surface area contributed by atoms with E-state index in [1.807, 2.05) is 0 Å². The smallest absolute Gasteiger partial charge is 0.417 e. The molecule has 0 radical (unpaired) electrons. The van der Waals surface area contributed by atoms with Crippen LogP contribution in [0.25, 0.3) is 0 Å². The summed E-state index contributed by atoms with van der Waals surface area (Å²) in [5, 5.41) is 3.23. The average molecular weight is 359 g/mol. The molecule has 0 aliphatic carbocycles. The summed E-state index contributed by atoms with van der Waals surface area (Å²) in [5.41, 5.74) is -0.867. The van der Waals surface area contributed by atoms with E-state index < -0.39 is 11.7 Å². The maximum absolute atomic E-state index is 12.5. The minimum Gasteiger partial charge on any atom is -0.477 e. The minimum absolute atomic E-state index is 0. The molecule has 8 heteroatoms. The molecule has 1 unspecified atom stereocenters. The van der Waals surface area contributed by atoms with E-state index in [4.69, 9.17) is 16.3 Å². The monoisotopic (exact) mass is 358 g/mol. The molecule has 1 aromatic rings. The zero-order chi connectivity index (χ0) is 15.3. The van der Waals surface area contributed by atoms with Gasteiger partial charge in [0.2, 0.25) is 5.88 Å². The van der Waals surface area contributed by atoms with Crippen LogP contribution in [0.5, 0.6) is 5.88 Å². The third-order valence-electron chi connectivity index (χ3n) is 3.53. The molecule has 0 bridgehead atoms. The summed E-state index contributed by atoms with van der Waals surface area (Å²) in [5.74, 6) is 0.713. The van der Waals surface area contributed by atoms with Crippen molar-refractivity contribution in [2.75, 3.05) is 19.7 Å². The molecule has 2 heterocycles. The highest BCUT2D eigenvalue weighted by molar-refractivity contribution is 6.31. The fourth-order valence-electron chi connectivity index (χ4n) is 2.40. The molecule has 1 saturated heterocycles. The second-order valence-corrected chi connectivity index (χ2v) is 5.62. The molecular formula is C14H19Cl2F3N2O. The predicted octanol–water partition coefficient (Wildman–Crippen LogP) is 4.33. The van der Waals surface area contributed by atoms with Gasteiger partial charge in [-0.05, 0) is 50.8 Å². The van der Waals surface area contributed by atoms with Gasteiger partial charge in [-0.3, -0.25) is 0 Å². The number of alkyl halides is 3. The second kappa shape index (κ2) is 8.79. The van der Waals surface area contributed by atoms with Gasteiger partial charge in [-0.15, -0.1) is 12.4 Å².